The summed E-state index contributed by atoms with van der Waals surface area (Å²) in [7, 11) is -3.60. The number of hydrogen-bond acceptors (Lipinski definition) is 6. The lowest BCUT2D eigenvalue weighted by atomic mass is 9.95. The number of rotatable bonds is 6. The molecule has 9 heteroatoms. The first-order chi connectivity index (χ1) is 14.9. The first-order valence-electron chi connectivity index (χ1n) is 10.6. The molecule has 164 valence electrons. The Bertz CT molecular complexity index is 1160. The number of sulfonamides is 1. The molecule has 0 bridgehead atoms. The minimum Gasteiger partial charge on any atom is -0.340 e. The predicted molar refractivity (Wildman–Crippen MR) is 120 cm³/mol. The van der Waals surface area contributed by atoms with Crippen molar-refractivity contribution >= 4 is 21.5 Å². The third-order valence-corrected chi connectivity index (χ3v) is 7.52. The van der Waals surface area contributed by atoms with Crippen molar-refractivity contribution in [2.24, 2.45) is 0 Å². The average molecular weight is 441 g/mol. The van der Waals surface area contributed by atoms with Crippen molar-refractivity contribution < 1.29 is 8.42 Å². The van der Waals surface area contributed by atoms with E-state index in [1.54, 1.807) is 28.3 Å². The second-order valence-corrected chi connectivity index (χ2v) is 9.81. The minimum atomic E-state index is -3.60. The number of nitrogens with zero attached hydrogens (tertiary/aromatic N) is 5. The van der Waals surface area contributed by atoms with Gasteiger partial charge < -0.3 is 5.32 Å². The predicted octanol–water partition coefficient (Wildman–Crippen LogP) is 3.62. The molecule has 1 N–H and O–H groups in total. The van der Waals surface area contributed by atoms with E-state index in [-0.39, 0.29) is 5.92 Å². The fourth-order valence-corrected chi connectivity index (χ4v) is 5.71. The van der Waals surface area contributed by atoms with Crippen LogP contribution in [-0.2, 0) is 16.6 Å². The maximum absolute atomic E-state index is 13.3. The lowest BCUT2D eigenvalue weighted by Gasteiger charge is -2.31. The minimum absolute atomic E-state index is 0.0363. The van der Waals surface area contributed by atoms with E-state index in [0.29, 0.717) is 30.2 Å². The van der Waals surface area contributed by atoms with E-state index in [4.69, 9.17) is 4.98 Å². The van der Waals surface area contributed by atoms with Crippen LogP contribution < -0.4 is 5.32 Å². The second-order valence-electron chi connectivity index (χ2n) is 7.90. The third kappa shape index (κ3) is 4.62. The number of aryl methyl sites for hydroxylation is 3. The van der Waals surface area contributed by atoms with Crippen molar-refractivity contribution in [1.29, 1.82) is 0 Å². The van der Waals surface area contributed by atoms with Crippen LogP contribution in [0.5, 0.6) is 0 Å². The average Bonchev–Trinajstić information content (AvgIpc) is 3.16. The quantitative estimate of drug-likeness (QED) is 0.629. The number of nitrogens with one attached hydrogen (secondary N) is 1. The second kappa shape index (κ2) is 8.76. The molecular weight excluding hydrogens is 412 g/mol. The van der Waals surface area contributed by atoms with Gasteiger partial charge in [-0.1, -0.05) is 6.07 Å². The Labute approximate surface area is 183 Å². The summed E-state index contributed by atoms with van der Waals surface area (Å²) in [5.74, 6) is 0.796. The monoisotopic (exact) mass is 440 g/mol. The van der Waals surface area contributed by atoms with Gasteiger partial charge in [0.25, 0.3) is 0 Å². The first-order valence-corrected chi connectivity index (χ1v) is 12.0. The van der Waals surface area contributed by atoms with E-state index in [2.05, 4.69) is 15.4 Å². The van der Waals surface area contributed by atoms with Gasteiger partial charge in [0.2, 0.25) is 10.0 Å². The zero-order chi connectivity index (χ0) is 22.0. The molecule has 1 atom stereocenters. The summed E-state index contributed by atoms with van der Waals surface area (Å²) in [5.41, 5.74) is 3.23. The lowest BCUT2D eigenvalue weighted by molar-refractivity contribution is 0.312. The molecular formula is C22H28N6O2S. The fraction of sp³-hybridized carbons (Fsp3) is 0.409. The van der Waals surface area contributed by atoms with Gasteiger partial charge in [0.05, 0.1) is 5.69 Å². The van der Waals surface area contributed by atoms with Crippen LogP contribution in [0.15, 0.2) is 47.6 Å². The van der Waals surface area contributed by atoms with Crippen LogP contribution in [0.1, 0.15) is 42.8 Å². The highest BCUT2D eigenvalue weighted by atomic mass is 32.2. The summed E-state index contributed by atoms with van der Waals surface area (Å²) in [4.78, 5) is 9.34. The van der Waals surface area contributed by atoms with Crippen LogP contribution in [0.3, 0.4) is 0 Å². The molecule has 0 saturated carbocycles. The fourth-order valence-electron chi connectivity index (χ4n) is 4.02. The summed E-state index contributed by atoms with van der Waals surface area (Å²) < 4.78 is 29.9. The molecule has 3 aromatic heterocycles. The van der Waals surface area contributed by atoms with Crippen molar-refractivity contribution in [3.05, 3.63) is 59.8 Å². The molecule has 0 unspecified atom stereocenters. The van der Waals surface area contributed by atoms with E-state index in [0.717, 1.165) is 35.7 Å². The Balaban J connectivity index is 1.57. The molecule has 3 aromatic rings. The Kier molecular flexibility index (Phi) is 6.06. The Hall–Kier alpha value is -2.78. The molecule has 0 aliphatic carbocycles. The molecule has 4 heterocycles. The molecule has 1 fully saturated rings. The molecule has 1 saturated heterocycles. The number of hydrogen-bond donors (Lipinski definition) is 1. The summed E-state index contributed by atoms with van der Waals surface area (Å²) in [6, 6.07) is 9.68. The Morgan fingerprint density at radius 3 is 2.77 bits per heavy atom. The van der Waals surface area contributed by atoms with Crippen LogP contribution in [-0.4, -0.2) is 45.6 Å². The molecule has 0 aromatic carbocycles. The van der Waals surface area contributed by atoms with E-state index < -0.39 is 10.0 Å². The zero-order valence-electron chi connectivity index (χ0n) is 18.1. The number of anilines is 2. The lowest BCUT2D eigenvalue weighted by Crippen LogP contribution is -2.39. The first kappa shape index (κ1) is 21.5. The molecule has 0 amide bonds. The topological polar surface area (TPSA) is 93.0 Å². The van der Waals surface area contributed by atoms with Gasteiger partial charge in [-0.2, -0.15) is 9.40 Å². The van der Waals surface area contributed by atoms with Gasteiger partial charge in [-0.3, -0.25) is 9.67 Å². The van der Waals surface area contributed by atoms with Crippen LogP contribution >= 0.6 is 0 Å². The Morgan fingerprint density at radius 2 is 2.06 bits per heavy atom. The summed E-state index contributed by atoms with van der Waals surface area (Å²) in [5, 5.41) is 7.63. The molecule has 0 spiro atoms. The van der Waals surface area contributed by atoms with E-state index in [1.165, 1.54) is 0 Å². The largest absolute Gasteiger partial charge is 0.340 e. The third-order valence-electron chi connectivity index (χ3n) is 5.56. The van der Waals surface area contributed by atoms with Crippen LogP contribution in [0.4, 0.5) is 11.5 Å². The summed E-state index contributed by atoms with van der Waals surface area (Å²) in [6.07, 6.45) is 5.07. The van der Waals surface area contributed by atoms with Crippen LogP contribution in [0, 0.1) is 13.8 Å². The highest BCUT2D eigenvalue weighted by Crippen LogP contribution is 2.32. The Morgan fingerprint density at radius 1 is 1.23 bits per heavy atom. The van der Waals surface area contributed by atoms with E-state index >= 15 is 0 Å². The van der Waals surface area contributed by atoms with Crippen molar-refractivity contribution in [3.8, 4) is 0 Å². The van der Waals surface area contributed by atoms with Crippen molar-refractivity contribution in [2.75, 3.05) is 18.4 Å². The van der Waals surface area contributed by atoms with Gasteiger partial charge in [0.15, 0.2) is 0 Å². The van der Waals surface area contributed by atoms with E-state index in [1.807, 2.05) is 44.2 Å². The molecule has 8 nitrogen and oxygen atoms in total. The van der Waals surface area contributed by atoms with Crippen LogP contribution in [0.25, 0.3) is 0 Å². The summed E-state index contributed by atoms with van der Waals surface area (Å²) >= 11 is 0. The van der Waals surface area contributed by atoms with Gasteiger partial charge in [-0.15, -0.1) is 0 Å². The number of aromatic nitrogens is 4. The van der Waals surface area contributed by atoms with E-state index in [9.17, 15) is 8.42 Å². The van der Waals surface area contributed by atoms with Crippen LogP contribution in [0.2, 0.25) is 0 Å². The highest BCUT2D eigenvalue weighted by Gasteiger charge is 2.33. The molecule has 31 heavy (non-hydrogen) atoms. The molecule has 1 aliphatic heterocycles. The van der Waals surface area contributed by atoms with Crippen molar-refractivity contribution in [3.63, 3.8) is 0 Å². The van der Waals surface area contributed by atoms with Gasteiger partial charge >= 0.3 is 0 Å². The summed E-state index contributed by atoms with van der Waals surface area (Å²) in [6.45, 7) is 7.21. The number of pyridine rings is 2. The van der Waals surface area contributed by atoms with Crippen molar-refractivity contribution in [2.45, 2.75) is 51.0 Å². The van der Waals surface area contributed by atoms with Gasteiger partial charge in [0, 0.05) is 55.0 Å². The van der Waals surface area contributed by atoms with Gasteiger partial charge in [-0.25, -0.2) is 13.4 Å². The number of piperidine rings is 1. The maximum Gasteiger partial charge on any atom is 0.246 e. The smallest absolute Gasteiger partial charge is 0.246 e. The van der Waals surface area contributed by atoms with Crippen molar-refractivity contribution in [1.82, 2.24) is 24.1 Å². The molecule has 0 radical (unpaired) electrons. The molecule has 4 rings (SSSR count). The zero-order valence-corrected chi connectivity index (χ0v) is 18.9. The molecule has 1 aliphatic rings. The van der Waals surface area contributed by atoms with Gasteiger partial charge in [0.1, 0.15) is 10.7 Å². The SMILES string of the molecule is CCn1cc(S(=O)(=O)N2CCC[C@H](c3cc(Nc4ccccn4)cc(C)n3)C2)c(C)n1. The maximum atomic E-state index is 13.3. The normalized spacial score (nSPS) is 17.6. The van der Waals surface area contributed by atoms with Gasteiger partial charge in [-0.05, 0) is 57.9 Å². The standard InChI is InChI=1S/C22H28N6O2S/c1-4-27-15-21(17(3)26-27)31(29,30)28-11-7-8-18(14-28)20-13-19(12-16(2)24-20)25-22-9-5-6-10-23-22/h5-6,9-10,12-13,15,18H,4,7-8,11,14H2,1-3H3,(H,23,24,25)/t18-/m0/s1. The highest BCUT2D eigenvalue weighted by molar-refractivity contribution is 7.89.